The van der Waals surface area contributed by atoms with E-state index in [1.54, 1.807) is 19.2 Å². The molecule has 2 rings (SSSR count). The molecule has 0 aliphatic rings. The first kappa shape index (κ1) is 7.66. The van der Waals surface area contributed by atoms with E-state index in [0.29, 0.717) is 0 Å². The molecule has 0 radical (unpaired) electrons. The van der Waals surface area contributed by atoms with Crippen molar-refractivity contribution in [3.63, 3.8) is 0 Å². The zero-order chi connectivity index (χ0) is 9.42. The second kappa shape index (κ2) is 2.51. The average molecular weight is 178 g/mol. The van der Waals surface area contributed by atoms with E-state index in [-0.39, 0.29) is 11.3 Å². The molecule has 0 N–H and O–H groups in total. The van der Waals surface area contributed by atoms with Crippen LogP contribution >= 0.6 is 0 Å². The molecule has 2 aromatic rings. The molecule has 0 unspecified atom stereocenters. The van der Waals surface area contributed by atoms with Crippen molar-refractivity contribution >= 4 is 11.3 Å². The van der Waals surface area contributed by atoms with Crippen LogP contribution in [0.2, 0.25) is 0 Å². The molecule has 0 saturated carbocycles. The largest absolute Gasteiger partial charge is 0.333 e. The third-order valence-corrected chi connectivity index (χ3v) is 1.69. The van der Waals surface area contributed by atoms with Crippen molar-refractivity contribution < 1.29 is 4.92 Å². The van der Waals surface area contributed by atoms with Crippen LogP contribution < -0.4 is 0 Å². The van der Waals surface area contributed by atoms with E-state index in [1.165, 1.54) is 10.7 Å². The van der Waals surface area contributed by atoms with Crippen LogP contribution in [0.5, 0.6) is 0 Å². The van der Waals surface area contributed by atoms with E-state index in [0.717, 1.165) is 5.69 Å². The van der Waals surface area contributed by atoms with Crippen molar-refractivity contribution in [2.24, 2.45) is 0 Å². The maximum Gasteiger partial charge on any atom is 0.333 e. The first-order chi connectivity index (χ1) is 6.18. The highest BCUT2D eigenvalue weighted by Crippen LogP contribution is 2.16. The van der Waals surface area contributed by atoms with Crippen LogP contribution in [-0.4, -0.2) is 19.5 Å². The summed E-state index contributed by atoms with van der Waals surface area (Å²) in [5.41, 5.74) is 0.949. The predicted molar refractivity (Wildman–Crippen MR) is 44.4 cm³/mol. The van der Waals surface area contributed by atoms with E-state index in [4.69, 9.17) is 0 Å². The third-order valence-electron chi connectivity index (χ3n) is 1.69. The number of nitro groups is 1. The normalized spacial score (nSPS) is 10.5. The van der Waals surface area contributed by atoms with Crippen LogP contribution in [0.1, 0.15) is 5.69 Å². The number of fused-ring (bicyclic) bond motifs is 1. The number of aryl methyl sites for hydroxylation is 1. The number of nitrogens with zero attached hydrogens (tertiary/aromatic N) is 4. The first-order valence-corrected chi connectivity index (χ1v) is 3.64. The van der Waals surface area contributed by atoms with E-state index >= 15 is 0 Å². The Bertz CT molecular complexity index is 476. The minimum atomic E-state index is -0.491. The zero-order valence-corrected chi connectivity index (χ0v) is 6.84. The fourth-order valence-electron chi connectivity index (χ4n) is 1.08. The van der Waals surface area contributed by atoms with Gasteiger partial charge in [0.2, 0.25) is 5.65 Å². The predicted octanol–water partition coefficient (Wildman–Crippen LogP) is 0.946. The number of rotatable bonds is 1. The summed E-state index contributed by atoms with van der Waals surface area (Å²) in [4.78, 5) is 14.0. The minimum Gasteiger partial charge on any atom is -0.258 e. The summed E-state index contributed by atoms with van der Waals surface area (Å²) >= 11 is 0. The minimum absolute atomic E-state index is 0.0660. The van der Waals surface area contributed by atoms with Gasteiger partial charge in [0.1, 0.15) is 6.20 Å². The second-order valence-corrected chi connectivity index (χ2v) is 2.62. The summed E-state index contributed by atoms with van der Waals surface area (Å²) in [6.07, 6.45) is 2.84. The molecule has 0 amide bonds. The van der Waals surface area contributed by atoms with E-state index < -0.39 is 4.92 Å². The highest BCUT2D eigenvalue weighted by atomic mass is 16.6. The van der Waals surface area contributed by atoms with Gasteiger partial charge in [0, 0.05) is 11.9 Å². The average Bonchev–Trinajstić information content (AvgIpc) is 2.46. The van der Waals surface area contributed by atoms with Gasteiger partial charge in [-0.15, -0.1) is 0 Å². The van der Waals surface area contributed by atoms with Gasteiger partial charge >= 0.3 is 5.69 Å². The Morgan fingerprint density at radius 1 is 1.62 bits per heavy atom. The maximum absolute atomic E-state index is 10.5. The molecule has 66 valence electrons. The standard InChI is InChI=1S/C7H6N4O2/c1-5-2-3-10-7(9-5)6(4-8-10)11(12)13/h2-4H,1H3. The topological polar surface area (TPSA) is 73.3 Å². The molecule has 6 heteroatoms. The fraction of sp³-hybridized carbons (Fsp3) is 0.143. The van der Waals surface area contributed by atoms with Gasteiger partial charge in [-0.05, 0) is 13.0 Å². The summed E-state index contributed by atoms with van der Waals surface area (Å²) in [5.74, 6) is 0. The lowest BCUT2D eigenvalue weighted by atomic mass is 10.4. The maximum atomic E-state index is 10.5. The van der Waals surface area contributed by atoms with Gasteiger partial charge in [-0.1, -0.05) is 0 Å². The number of hydrogen-bond acceptors (Lipinski definition) is 4. The molecule has 2 heterocycles. The SMILES string of the molecule is Cc1ccn2ncc([N+](=O)[O-])c2n1. The van der Waals surface area contributed by atoms with Gasteiger partial charge < -0.3 is 0 Å². The van der Waals surface area contributed by atoms with Crippen molar-refractivity contribution in [2.45, 2.75) is 6.92 Å². The van der Waals surface area contributed by atoms with Gasteiger partial charge in [0.25, 0.3) is 0 Å². The molecular weight excluding hydrogens is 172 g/mol. The van der Waals surface area contributed by atoms with Gasteiger partial charge in [-0.3, -0.25) is 10.1 Å². The fourth-order valence-corrected chi connectivity index (χ4v) is 1.08. The molecule has 0 spiro atoms. The molecule has 2 aromatic heterocycles. The molecule has 0 saturated heterocycles. The Labute approximate surface area is 73.0 Å². The Morgan fingerprint density at radius 2 is 2.38 bits per heavy atom. The van der Waals surface area contributed by atoms with E-state index in [9.17, 15) is 10.1 Å². The Morgan fingerprint density at radius 3 is 3.08 bits per heavy atom. The van der Waals surface area contributed by atoms with Crippen LogP contribution in [0, 0.1) is 17.0 Å². The molecule has 0 aromatic carbocycles. The molecule has 0 aliphatic heterocycles. The molecule has 6 nitrogen and oxygen atoms in total. The van der Waals surface area contributed by atoms with Crippen LogP contribution in [0.4, 0.5) is 5.69 Å². The Balaban J connectivity index is 2.79. The van der Waals surface area contributed by atoms with Crippen molar-refractivity contribution in [1.82, 2.24) is 14.6 Å². The number of hydrogen-bond donors (Lipinski definition) is 0. The number of aromatic nitrogens is 3. The lowest BCUT2D eigenvalue weighted by Gasteiger charge is -1.92. The highest BCUT2D eigenvalue weighted by Gasteiger charge is 2.15. The van der Waals surface area contributed by atoms with Crippen LogP contribution in [0.15, 0.2) is 18.5 Å². The van der Waals surface area contributed by atoms with E-state index in [2.05, 4.69) is 10.1 Å². The Kier molecular flexibility index (Phi) is 1.48. The summed E-state index contributed by atoms with van der Waals surface area (Å²) in [5, 5.41) is 14.3. The smallest absolute Gasteiger partial charge is 0.258 e. The molecule has 0 bridgehead atoms. The third kappa shape index (κ3) is 1.12. The Hall–Kier alpha value is -1.98. The molecule has 0 fully saturated rings. The zero-order valence-electron chi connectivity index (χ0n) is 6.84. The quantitative estimate of drug-likeness (QED) is 0.481. The molecule has 0 aliphatic carbocycles. The lowest BCUT2D eigenvalue weighted by molar-refractivity contribution is -0.383. The molecular formula is C7H6N4O2. The monoisotopic (exact) mass is 178 g/mol. The van der Waals surface area contributed by atoms with Crippen molar-refractivity contribution in [3.8, 4) is 0 Å². The van der Waals surface area contributed by atoms with Crippen molar-refractivity contribution in [3.05, 3.63) is 34.3 Å². The highest BCUT2D eigenvalue weighted by molar-refractivity contribution is 5.57. The van der Waals surface area contributed by atoms with Gasteiger partial charge in [-0.25, -0.2) is 9.50 Å². The van der Waals surface area contributed by atoms with Crippen LogP contribution in [0.3, 0.4) is 0 Å². The second-order valence-electron chi connectivity index (χ2n) is 2.62. The van der Waals surface area contributed by atoms with Gasteiger partial charge in [-0.2, -0.15) is 5.10 Å². The van der Waals surface area contributed by atoms with Crippen molar-refractivity contribution in [2.75, 3.05) is 0 Å². The summed E-state index contributed by atoms with van der Waals surface area (Å²) in [6, 6.07) is 1.74. The molecule has 13 heavy (non-hydrogen) atoms. The van der Waals surface area contributed by atoms with Gasteiger partial charge in [0.05, 0.1) is 4.92 Å². The summed E-state index contributed by atoms with van der Waals surface area (Å²) < 4.78 is 1.38. The van der Waals surface area contributed by atoms with E-state index in [1.807, 2.05) is 0 Å². The lowest BCUT2D eigenvalue weighted by Crippen LogP contribution is -1.93. The first-order valence-electron chi connectivity index (χ1n) is 3.64. The molecule has 0 atom stereocenters. The van der Waals surface area contributed by atoms with Gasteiger partial charge in [0.15, 0.2) is 0 Å². The summed E-state index contributed by atoms with van der Waals surface area (Å²) in [7, 11) is 0. The van der Waals surface area contributed by atoms with Crippen LogP contribution in [0.25, 0.3) is 5.65 Å². The van der Waals surface area contributed by atoms with Crippen LogP contribution in [-0.2, 0) is 0 Å². The summed E-state index contributed by atoms with van der Waals surface area (Å²) in [6.45, 7) is 1.77. The van der Waals surface area contributed by atoms with Crippen molar-refractivity contribution in [1.29, 1.82) is 0 Å².